The molecule has 0 fully saturated rings. The van der Waals surface area contributed by atoms with Crippen LogP contribution < -0.4 is 5.76 Å². The predicted molar refractivity (Wildman–Crippen MR) is 53.7 cm³/mol. The van der Waals surface area contributed by atoms with E-state index in [4.69, 9.17) is 16.0 Å². The Balaban J connectivity index is 2.62. The largest absolute Gasteiger partial charge is 0.434 e. The van der Waals surface area contributed by atoms with E-state index in [1.165, 1.54) is 0 Å². The molecule has 2 aromatic rings. The summed E-state index contributed by atoms with van der Waals surface area (Å²) in [5.74, 6) is -0.458. The van der Waals surface area contributed by atoms with Gasteiger partial charge in [0, 0.05) is 7.05 Å². The van der Waals surface area contributed by atoms with E-state index in [0.717, 1.165) is 5.69 Å². The Morgan fingerprint density at radius 1 is 1.60 bits per heavy atom. The van der Waals surface area contributed by atoms with Crippen molar-refractivity contribution in [2.24, 2.45) is 7.05 Å². The normalized spacial score (nSPS) is 10.9. The second kappa shape index (κ2) is 3.54. The molecule has 0 saturated heterocycles. The van der Waals surface area contributed by atoms with E-state index in [1.807, 2.05) is 6.92 Å². The van der Waals surface area contributed by atoms with E-state index in [-0.39, 0.29) is 5.89 Å². The Bertz CT molecular complexity index is 539. The Labute approximate surface area is 89.9 Å². The first-order valence-corrected chi connectivity index (χ1v) is 4.78. The van der Waals surface area contributed by atoms with Gasteiger partial charge in [0.25, 0.3) is 5.89 Å². The van der Waals surface area contributed by atoms with Crippen LogP contribution in [0.4, 0.5) is 0 Å². The number of rotatable bonds is 2. The standard InChI is InChI=1S/C8H9ClN4O2/c1-3-4-5(9)6(13(2)12-4)7-10-11-8(14)15-7/h3H2,1-2H3,(H,11,14). The molecule has 0 bridgehead atoms. The maximum absolute atomic E-state index is 10.8. The highest BCUT2D eigenvalue weighted by molar-refractivity contribution is 6.33. The average molecular weight is 229 g/mol. The average Bonchev–Trinajstić information content (AvgIpc) is 2.71. The summed E-state index contributed by atoms with van der Waals surface area (Å²) >= 11 is 6.07. The van der Waals surface area contributed by atoms with Crippen molar-refractivity contribution in [2.45, 2.75) is 13.3 Å². The van der Waals surface area contributed by atoms with Crippen molar-refractivity contribution in [3.05, 3.63) is 21.3 Å². The summed E-state index contributed by atoms with van der Waals surface area (Å²) in [6, 6.07) is 0. The summed E-state index contributed by atoms with van der Waals surface area (Å²) in [6.07, 6.45) is 0.710. The number of aromatic amines is 1. The van der Waals surface area contributed by atoms with E-state index in [2.05, 4.69) is 15.3 Å². The molecule has 0 amide bonds. The molecule has 15 heavy (non-hydrogen) atoms. The lowest BCUT2D eigenvalue weighted by atomic mass is 10.3. The van der Waals surface area contributed by atoms with Gasteiger partial charge in [-0.15, -0.1) is 5.10 Å². The Morgan fingerprint density at radius 2 is 2.33 bits per heavy atom. The Kier molecular flexibility index (Phi) is 2.36. The maximum Gasteiger partial charge on any atom is 0.434 e. The topological polar surface area (TPSA) is 76.7 Å². The lowest BCUT2D eigenvalue weighted by Crippen LogP contribution is -1.95. The van der Waals surface area contributed by atoms with Crippen LogP contribution in [0.1, 0.15) is 12.6 Å². The molecule has 0 atom stereocenters. The van der Waals surface area contributed by atoms with E-state index in [0.29, 0.717) is 17.1 Å². The number of nitrogens with zero attached hydrogens (tertiary/aromatic N) is 3. The van der Waals surface area contributed by atoms with Crippen LogP contribution in [-0.4, -0.2) is 20.0 Å². The molecule has 0 aromatic carbocycles. The van der Waals surface area contributed by atoms with Crippen LogP contribution >= 0.6 is 11.6 Å². The highest BCUT2D eigenvalue weighted by Gasteiger charge is 2.18. The molecule has 2 aromatic heterocycles. The summed E-state index contributed by atoms with van der Waals surface area (Å²) in [4.78, 5) is 10.8. The van der Waals surface area contributed by atoms with Crippen molar-refractivity contribution in [2.75, 3.05) is 0 Å². The van der Waals surface area contributed by atoms with E-state index in [1.54, 1.807) is 11.7 Å². The van der Waals surface area contributed by atoms with Gasteiger partial charge in [0.15, 0.2) is 0 Å². The van der Waals surface area contributed by atoms with Crippen molar-refractivity contribution in [3.8, 4) is 11.6 Å². The van der Waals surface area contributed by atoms with Gasteiger partial charge >= 0.3 is 5.76 Å². The van der Waals surface area contributed by atoms with E-state index in [9.17, 15) is 4.79 Å². The van der Waals surface area contributed by atoms with Crippen molar-refractivity contribution >= 4 is 11.6 Å². The summed E-state index contributed by atoms with van der Waals surface area (Å²) in [5.41, 5.74) is 1.26. The first kappa shape index (κ1) is 9.97. The summed E-state index contributed by atoms with van der Waals surface area (Å²) in [7, 11) is 1.72. The minimum atomic E-state index is -0.611. The third-order valence-electron chi connectivity index (χ3n) is 2.03. The van der Waals surface area contributed by atoms with Crippen LogP contribution in [0.15, 0.2) is 9.21 Å². The molecule has 0 radical (unpaired) electrons. The number of aromatic nitrogens is 4. The first-order valence-electron chi connectivity index (χ1n) is 4.40. The number of halogens is 1. The third-order valence-corrected chi connectivity index (χ3v) is 2.43. The number of H-pyrrole nitrogens is 1. The molecule has 0 saturated carbocycles. The van der Waals surface area contributed by atoms with Crippen LogP contribution in [0.3, 0.4) is 0 Å². The monoisotopic (exact) mass is 228 g/mol. The molecule has 0 aliphatic heterocycles. The molecule has 6 nitrogen and oxygen atoms in total. The third kappa shape index (κ3) is 1.56. The van der Waals surface area contributed by atoms with E-state index >= 15 is 0 Å². The number of hydrogen-bond acceptors (Lipinski definition) is 4. The zero-order valence-electron chi connectivity index (χ0n) is 8.24. The zero-order valence-corrected chi connectivity index (χ0v) is 9.00. The van der Waals surface area contributed by atoms with Crippen molar-refractivity contribution < 1.29 is 4.42 Å². The summed E-state index contributed by atoms with van der Waals surface area (Å²) < 4.78 is 6.36. The van der Waals surface area contributed by atoms with Crippen molar-refractivity contribution in [3.63, 3.8) is 0 Å². The van der Waals surface area contributed by atoms with Crippen molar-refractivity contribution in [1.29, 1.82) is 0 Å². The molecule has 0 unspecified atom stereocenters. The minimum Gasteiger partial charge on any atom is -0.386 e. The molecule has 2 heterocycles. The van der Waals surface area contributed by atoms with Gasteiger partial charge in [-0.25, -0.2) is 9.89 Å². The van der Waals surface area contributed by atoms with Gasteiger partial charge in [0.1, 0.15) is 5.69 Å². The fourth-order valence-corrected chi connectivity index (χ4v) is 1.72. The quantitative estimate of drug-likeness (QED) is 0.831. The van der Waals surface area contributed by atoms with Crippen LogP contribution in [0.25, 0.3) is 11.6 Å². The summed E-state index contributed by atoms with van der Waals surface area (Å²) in [5, 5.41) is 10.5. The van der Waals surface area contributed by atoms with Gasteiger partial charge in [-0.2, -0.15) is 5.10 Å². The second-order valence-electron chi connectivity index (χ2n) is 3.00. The summed E-state index contributed by atoms with van der Waals surface area (Å²) in [6.45, 7) is 1.94. The van der Waals surface area contributed by atoms with Crippen molar-refractivity contribution in [1.82, 2.24) is 20.0 Å². The van der Waals surface area contributed by atoms with Crippen LogP contribution in [-0.2, 0) is 13.5 Å². The fourth-order valence-electron chi connectivity index (χ4n) is 1.34. The molecule has 7 heteroatoms. The highest BCUT2D eigenvalue weighted by atomic mass is 35.5. The second-order valence-corrected chi connectivity index (χ2v) is 3.38. The molecular weight excluding hydrogens is 220 g/mol. The molecule has 80 valence electrons. The SMILES string of the molecule is CCc1nn(C)c(-c2n[nH]c(=O)o2)c1Cl. The van der Waals surface area contributed by atoms with Gasteiger partial charge in [0.2, 0.25) is 0 Å². The van der Waals surface area contributed by atoms with Gasteiger partial charge < -0.3 is 4.42 Å². The predicted octanol–water partition coefficient (Wildman–Crippen LogP) is 0.979. The van der Waals surface area contributed by atoms with E-state index < -0.39 is 5.76 Å². The highest BCUT2D eigenvalue weighted by Crippen LogP contribution is 2.28. The molecule has 0 aliphatic rings. The van der Waals surface area contributed by atoms with Crippen LogP contribution in [0, 0.1) is 0 Å². The number of hydrogen-bond donors (Lipinski definition) is 1. The molecule has 0 aliphatic carbocycles. The van der Waals surface area contributed by atoms with Gasteiger partial charge in [0.05, 0.1) is 10.7 Å². The zero-order chi connectivity index (χ0) is 11.0. The molecular formula is C8H9ClN4O2. The lowest BCUT2D eigenvalue weighted by Gasteiger charge is -1.94. The fraction of sp³-hybridized carbons (Fsp3) is 0.375. The molecule has 1 N–H and O–H groups in total. The maximum atomic E-state index is 10.8. The smallest absolute Gasteiger partial charge is 0.386 e. The molecule has 2 rings (SSSR count). The number of aryl methyl sites for hydroxylation is 2. The van der Waals surface area contributed by atoms with Crippen LogP contribution in [0.2, 0.25) is 5.02 Å². The number of nitrogens with one attached hydrogen (secondary N) is 1. The Hall–Kier alpha value is -1.56. The van der Waals surface area contributed by atoms with Crippen LogP contribution in [0.5, 0.6) is 0 Å². The van der Waals surface area contributed by atoms with Gasteiger partial charge in [-0.05, 0) is 6.42 Å². The molecule has 0 spiro atoms. The first-order chi connectivity index (χ1) is 7.13. The van der Waals surface area contributed by atoms with Gasteiger partial charge in [-0.3, -0.25) is 4.68 Å². The van der Waals surface area contributed by atoms with Gasteiger partial charge in [-0.1, -0.05) is 18.5 Å². The Morgan fingerprint density at radius 3 is 2.80 bits per heavy atom. The minimum absolute atomic E-state index is 0.153. The lowest BCUT2D eigenvalue weighted by molar-refractivity contribution is 0.521.